The van der Waals surface area contributed by atoms with Crippen LogP contribution in [0.5, 0.6) is 0 Å². The smallest absolute Gasteiger partial charge is 0.275 e. The van der Waals surface area contributed by atoms with E-state index in [4.69, 9.17) is 0 Å². The number of fused-ring (bicyclic) bond motifs is 1. The Balaban J connectivity index is 2.13. The number of hydrogen-bond donors (Lipinski definition) is 4. The lowest BCUT2D eigenvalue weighted by molar-refractivity contribution is -0.867. The third kappa shape index (κ3) is 5.06. The molecular weight excluding hydrogens is 318 g/mol. The van der Waals surface area contributed by atoms with Crippen molar-refractivity contribution in [3.05, 3.63) is 35.8 Å². The van der Waals surface area contributed by atoms with Gasteiger partial charge in [-0.15, -0.1) is 0 Å². The summed E-state index contributed by atoms with van der Waals surface area (Å²) < 4.78 is 0. The van der Waals surface area contributed by atoms with E-state index in [2.05, 4.69) is 15.3 Å². The van der Waals surface area contributed by atoms with Crippen LogP contribution >= 0.6 is 0 Å². The highest BCUT2D eigenvalue weighted by Gasteiger charge is 2.20. The summed E-state index contributed by atoms with van der Waals surface area (Å²) in [6.07, 6.45) is 0. The van der Waals surface area contributed by atoms with Gasteiger partial charge in [-0.2, -0.15) is 5.26 Å². The van der Waals surface area contributed by atoms with Gasteiger partial charge >= 0.3 is 0 Å². The number of nitrogens with zero attached hydrogens (tertiary/aromatic N) is 2. The van der Waals surface area contributed by atoms with Crippen LogP contribution in [-0.2, 0) is 4.79 Å². The van der Waals surface area contributed by atoms with E-state index in [1.165, 1.54) is 0 Å². The number of allylic oxidation sites excluding steroid dienone is 1. The standard InChI is InChI=1S/C18H23N5O2/c1-18(2,3)22-16(25)11-23(4)10-15(24)12(9-19)17-20-13-7-5-6-8-14(13)21-17/h5-8,24H,10-11H2,1-4H3,(H,20,21)(H,22,25)/p+1/b15-12-. The molecule has 0 aliphatic heterocycles. The van der Waals surface area contributed by atoms with Crippen LogP contribution in [0, 0.1) is 11.3 Å². The van der Waals surface area contributed by atoms with Gasteiger partial charge in [0, 0.05) is 5.54 Å². The molecule has 1 aromatic carbocycles. The number of aliphatic hydroxyl groups excluding tert-OH is 1. The summed E-state index contributed by atoms with van der Waals surface area (Å²) in [5.41, 5.74) is 1.31. The summed E-state index contributed by atoms with van der Waals surface area (Å²) in [5, 5.41) is 22.6. The fourth-order valence-electron chi connectivity index (χ4n) is 2.50. The van der Waals surface area contributed by atoms with Crippen LogP contribution in [0.1, 0.15) is 26.6 Å². The number of H-pyrrole nitrogens is 1. The van der Waals surface area contributed by atoms with E-state index in [9.17, 15) is 15.2 Å². The molecular formula is C18H24N5O2+. The SMILES string of the molecule is C[NH+](CC(=O)NC(C)(C)C)C/C(O)=C(\C#N)c1nc2ccccc2[nH]1. The van der Waals surface area contributed by atoms with Crippen molar-refractivity contribution in [1.82, 2.24) is 15.3 Å². The van der Waals surface area contributed by atoms with Crippen molar-refractivity contribution in [2.45, 2.75) is 26.3 Å². The van der Waals surface area contributed by atoms with Crippen molar-refractivity contribution in [3.63, 3.8) is 0 Å². The fraction of sp³-hybridized carbons (Fsp3) is 0.389. The molecule has 0 saturated carbocycles. The van der Waals surface area contributed by atoms with E-state index in [1.54, 1.807) is 7.05 Å². The maximum Gasteiger partial charge on any atom is 0.275 e. The summed E-state index contributed by atoms with van der Waals surface area (Å²) in [5.74, 6) is 0.121. The van der Waals surface area contributed by atoms with Crippen molar-refractivity contribution < 1.29 is 14.8 Å². The number of nitrogens with one attached hydrogen (secondary N) is 3. The molecule has 1 heterocycles. The minimum absolute atomic E-state index is 0.0896. The molecule has 2 rings (SSSR count). The minimum atomic E-state index is -0.304. The van der Waals surface area contributed by atoms with Gasteiger partial charge in [-0.25, -0.2) is 4.98 Å². The third-order valence-corrected chi connectivity index (χ3v) is 3.47. The van der Waals surface area contributed by atoms with E-state index in [1.807, 2.05) is 51.1 Å². The topological polar surface area (TPSA) is 106 Å². The Labute approximate surface area is 147 Å². The maximum absolute atomic E-state index is 12.0. The lowest BCUT2D eigenvalue weighted by Gasteiger charge is -2.21. The first-order valence-corrected chi connectivity index (χ1v) is 8.09. The number of imidazole rings is 1. The average molecular weight is 342 g/mol. The summed E-state index contributed by atoms with van der Waals surface area (Å²) in [6, 6.07) is 9.40. The second-order valence-corrected chi connectivity index (χ2v) is 7.14. The van der Waals surface area contributed by atoms with Crippen molar-refractivity contribution in [3.8, 4) is 6.07 Å². The van der Waals surface area contributed by atoms with Crippen LogP contribution in [0.4, 0.5) is 0 Å². The van der Waals surface area contributed by atoms with Crippen molar-refractivity contribution in [2.24, 2.45) is 0 Å². The van der Waals surface area contributed by atoms with Crippen molar-refractivity contribution in [2.75, 3.05) is 20.1 Å². The molecule has 0 saturated heterocycles. The Hall–Kier alpha value is -2.85. The summed E-state index contributed by atoms with van der Waals surface area (Å²) in [7, 11) is 1.78. The Bertz CT molecular complexity index is 806. The first kappa shape index (κ1) is 18.5. The van der Waals surface area contributed by atoms with Gasteiger partial charge in [0.15, 0.2) is 18.1 Å². The van der Waals surface area contributed by atoms with E-state index in [-0.39, 0.29) is 35.9 Å². The number of carbonyl (C=O) groups excluding carboxylic acids is 1. The first-order valence-electron chi connectivity index (χ1n) is 8.09. The largest absolute Gasteiger partial charge is 0.506 e. The Morgan fingerprint density at radius 3 is 2.64 bits per heavy atom. The van der Waals surface area contributed by atoms with Crippen LogP contribution in [-0.4, -0.2) is 46.7 Å². The van der Waals surface area contributed by atoms with Gasteiger partial charge in [0.05, 0.1) is 18.1 Å². The number of para-hydroxylation sites is 2. The number of carbonyl (C=O) groups is 1. The molecule has 132 valence electrons. The van der Waals surface area contributed by atoms with E-state index < -0.39 is 0 Å². The second kappa shape index (κ2) is 7.36. The number of aromatic amines is 1. The molecule has 0 spiro atoms. The Morgan fingerprint density at radius 2 is 2.04 bits per heavy atom. The summed E-state index contributed by atoms with van der Waals surface area (Å²) >= 11 is 0. The molecule has 0 bridgehead atoms. The molecule has 0 radical (unpaired) electrons. The van der Waals surface area contributed by atoms with E-state index >= 15 is 0 Å². The molecule has 7 heteroatoms. The zero-order valence-electron chi connectivity index (χ0n) is 15.0. The number of amides is 1. The monoisotopic (exact) mass is 342 g/mol. The molecule has 1 aromatic heterocycles. The van der Waals surface area contributed by atoms with Crippen LogP contribution < -0.4 is 10.2 Å². The Kier molecular flexibility index (Phi) is 5.45. The van der Waals surface area contributed by atoms with Crippen molar-refractivity contribution >= 4 is 22.5 Å². The van der Waals surface area contributed by atoms with Gasteiger partial charge < -0.3 is 20.3 Å². The van der Waals surface area contributed by atoms with Crippen LogP contribution in [0.3, 0.4) is 0 Å². The lowest BCUT2D eigenvalue weighted by atomic mass is 10.1. The number of aromatic nitrogens is 2. The van der Waals surface area contributed by atoms with Gasteiger partial charge in [-0.1, -0.05) is 12.1 Å². The van der Waals surface area contributed by atoms with Gasteiger partial charge in [0.2, 0.25) is 0 Å². The highest BCUT2D eigenvalue weighted by Crippen LogP contribution is 2.17. The van der Waals surface area contributed by atoms with E-state index in [0.717, 1.165) is 15.9 Å². The molecule has 0 fully saturated rings. The average Bonchev–Trinajstić information content (AvgIpc) is 2.88. The number of hydrogen-bond acceptors (Lipinski definition) is 4. The number of aliphatic hydroxyl groups is 1. The Morgan fingerprint density at radius 1 is 1.36 bits per heavy atom. The molecule has 1 atom stereocenters. The third-order valence-electron chi connectivity index (χ3n) is 3.47. The quantitative estimate of drug-likeness (QED) is 0.476. The summed E-state index contributed by atoms with van der Waals surface area (Å²) in [6.45, 7) is 6.07. The number of quaternary nitrogens is 1. The molecule has 25 heavy (non-hydrogen) atoms. The van der Waals surface area contributed by atoms with Gasteiger partial charge in [0.1, 0.15) is 18.2 Å². The molecule has 0 aliphatic rings. The predicted molar refractivity (Wildman–Crippen MR) is 95.8 cm³/mol. The van der Waals surface area contributed by atoms with Gasteiger partial charge in [-0.3, -0.25) is 4.79 Å². The highest BCUT2D eigenvalue weighted by atomic mass is 16.3. The van der Waals surface area contributed by atoms with Crippen LogP contribution in [0.25, 0.3) is 16.6 Å². The van der Waals surface area contributed by atoms with E-state index in [0.29, 0.717) is 5.82 Å². The van der Waals surface area contributed by atoms with Crippen molar-refractivity contribution in [1.29, 1.82) is 5.26 Å². The second-order valence-electron chi connectivity index (χ2n) is 7.14. The molecule has 7 nitrogen and oxygen atoms in total. The fourth-order valence-corrected chi connectivity index (χ4v) is 2.50. The number of nitriles is 1. The normalized spacial score (nSPS) is 13.9. The molecule has 4 N–H and O–H groups in total. The van der Waals surface area contributed by atoms with Crippen LogP contribution in [0.15, 0.2) is 30.0 Å². The zero-order chi connectivity index (χ0) is 18.6. The lowest BCUT2D eigenvalue weighted by Crippen LogP contribution is -3.10. The van der Waals surface area contributed by atoms with Gasteiger partial charge in [-0.05, 0) is 32.9 Å². The summed E-state index contributed by atoms with van der Waals surface area (Å²) in [4.78, 5) is 20.1. The molecule has 1 unspecified atom stereocenters. The van der Waals surface area contributed by atoms with Gasteiger partial charge in [0.25, 0.3) is 5.91 Å². The van der Waals surface area contributed by atoms with Crippen LogP contribution in [0.2, 0.25) is 0 Å². The predicted octanol–water partition coefficient (Wildman–Crippen LogP) is 0.785. The molecule has 1 amide bonds. The number of benzene rings is 1. The molecule has 2 aromatic rings. The zero-order valence-corrected chi connectivity index (χ0v) is 15.0. The highest BCUT2D eigenvalue weighted by molar-refractivity contribution is 5.82. The molecule has 0 aliphatic carbocycles. The minimum Gasteiger partial charge on any atom is -0.506 e. The number of rotatable bonds is 5. The number of likely N-dealkylation sites (N-methyl/N-ethyl adjacent to an activating group) is 1. The first-order chi connectivity index (χ1) is 11.7. The maximum atomic E-state index is 12.0.